The SMILES string of the molecule is CCCC1(C(=O)O)CCN(C(=O)CCN)CC1. The highest BCUT2D eigenvalue weighted by molar-refractivity contribution is 5.78. The Labute approximate surface area is 102 Å². The molecule has 98 valence electrons. The predicted octanol–water partition coefficient (Wildman–Crippen LogP) is 0.829. The molecule has 17 heavy (non-hydrogen) atoms. The maximum Gasteiger partial charge on any atom is 0.309 e. The molecule has 0 spiro atoms. The van der Waals surface area contributed by atoms with Crippen molar-refractivity contribution in [2.75, 3.05) is 19.6 Å². The van der Waals surface area contributed by atoms with E-state index in [1.807, 2.05) is 6.92 Å². The molecule has 0 aromatic carbocycles. The second-order valence-electron chi connectivity index (χ2n) is 4.75. The summed E-state index contributed by atoms with van der Waals surface area (Å²) in [6, 6.07) is 0. The van der Waals surface area contributed by atoms with E-state index < -0.39 is 11.4 Å². The summed E-state index contributed by atoms with van der Waals surface area (Å²) < 4.78 is 0. The number of likely N-dealkylation sites (tertiary alicyclic amines) is 1. The van der Waals surface area contributed by atoms with Gasteiger partial charge in [0.1, 0.15) is 0 Å². The maximum atomic E-state index is 11.6. The molecule has 0 unspecified atom stereocenters. The van der Waals surface area contributed by atoms with Gasteiger partial charge in [-0.2, -0.15) is 0 Å². The fourth-order valence-electron chi connectivity index (χ4n) is 2.52. The molecule has 5 nitrogen and oxygen atoms in total. The van der Waals surface area contributed by atoms with E-state index in [9.17, 15) is 14.7 Å². The van der Waals surface area contributed by atoms with Gasteiger partial charge in [-0.25, -0.2) is 0 Å². The smallest absolute Gasteiger partial charge is 0.309 e. The van der Waals surface area contributed by atoms with Crippen LogP contribution >= 0.6 is 0 Å². The van der Waals surface area contributed by atoms with Crippen LogP contribution in [0.2, 0.25) is 0 Å². The second kappa shape index (κ2) is 6.00. The first-order valence-corrected chi connectivity index (χ1v) is 6.27. The van der Waals surface area contributed by atoms with Gasteiger partial charge in [0, 0.05) is 26.1 Å². The monoisotopic (exact) mass is 242 g/mol. The lowest BCUT2D eigenvalue weighted by molar-refractivity contribution is -0.155. The Morgan fingerprint density at radius 3 is 2.35 bits per heavy atom. The van der Waals surface area contributed by atoms with Gasteiger partial charge >= 0.3 is 5.97 Å². The van der Waals surface area contributed by atoms with E-state index in [1.54, 1.807) is 4.90 Å². The van der Waals surface area contributed by atoms with Crippen molar-refractivity contribution in [3.05, 3.63) is 0 Å². The van der Waals surface area contributed by atoms with Gasteiger partial charge < -0.3 is 15.7 Å². The van der Waals surface area contributed by atoms with Crippen molar-refractivity contribution < 1.29 is 14.7 Å². The molecular formula is C12H22N2O3. The third kappa shape index (κ3) is 3.19. The average molecular weight is 242 g/mol. The molecule has 0 bridgehead atoms. The van der Waals surface area contributed by atoms with Crippen molar-refractivity contribution in [2.45, 2.75) is 39.0 Å². The van der Waals surface area contributed by atoms with E-state index in [2.05, 4.69) is 0 Å². The fraction of sp³-hybridized carbons (Fsp3) is 0.833. The Morgan fingerprint density at radius 1 is 1.35 bits per heavy atom. The Hall–Kier alpha value is -1.10. The number of nitrogens with zero attached hydrogens (tertiary/aromatic N) is 1. The van der Waals surface area contributed by atoms with Gasteiger partial charge in [0.25, 0.3) is 0 Å². The number of carbonyl (C=O) groups excluding carboxylic acids is 1. The molecule has 0 atom stereocenters. The van der Waals surface area contributed by atoms with Gasteiger partial charge in [-0.15, -0.1) is 0 Å². The molecule has 0 aliphatic carbocycles. The molecule has 0 aromatic heterocycles. The van der Waals surface area contributed by atoms with E-state index >= 15 is 0 Å². The Morgan fingerprint density at radius 2 is 1.94 bits per heavy atom. The third-order valence-electron chi connectivity index (χ3n) is 3.61. The second-order valence-corrected chi connectivity index (χ2v) is 4.75. The molecule has 0 radical (unpaired) electrons. The van der Waals surface area contributed by atoms with Crippen molar-refractivity contribution in [1.82, 2.24) is 4.90 Å². The highest BCUT2D eigenvalue weighted by Crippen LogP contribution is 2.36. The third-order valence-corrected chi connectivity index (χ3v) is 3.61. The molecule has 1 heterocycles. The minimum atomic E-state index is -0.717. The van der Waals surface area contributed by atoms with E-state index in [-0.39, 0.29) is 5.91 Å². The summed E-state index contributed by atoms with van der Waals surface area (Å²) in [4.78, 5) is 24.7. The van der Waals surface area contributed by atoms with Gasteiger partial charge in [0.2, 0.25) is 5.91 Å². The van der Waals surface area contributed by atoms with Crippen molar-refractivity contribution in [1.29, 1.82) is 0 Å². The summed E-state index contributed by atoms with van der Waals surface area (Å²) in [5, 5.41) is 9.32. The lowest BCUT2D eigenvalue weighted by Gasteiger charge is -2.38. The first-order chi connectivity index (χ1) is 8.05. The van der Waals surface area contributed by atoms with Crippen LogP contribution in [0.5, 0.6) is 0 Å². The van der Waals surface area contributed by atoms with Crippen LogP contribution in [-0.2, 0) is 9.59 Å². The zero-order chi connectivity index (χ0) is 12.9. The van der Waals surface area contributed by atoms with E-state index in [4.69, 9.17) is 5.73 Å². The molecule has 0 saturated carbocycles. The van der Waals surface area contributed by atoms with Gasteiger partial charge in [-0.3, -0.25) is 9.59 Å². The highest BCUT2D eigenvalue weighted by Gasteiger charge is 2.41. The van der Waals surface area contributed by atoms with Crippen LogP contribution in [0.25, 0.3) is 0 Å². The molecule has 1 amide bonds. The lowest BCUT2D eigenvalue weighted by atomic mass is 9.75. The fourth-order valence-corrected chi connectivity index (χ4v) is 2.52. The van der Waals surface area contributed by atoms with E-state index in [0.29, 0.717) is 45.3 Å². The molecule has 1 fully saturated rings. The van der Waals surface area contributed by atoms with E-state index in [0.717, 1.165) is 6.42 Å². The number of hydrogen-bond donors (Lipinski definition) is 2. The van der Waals surface area contributed by atoms with Gasteiger partial charge in [0.05, 0.1) is 5.41 Å². The van der Waals surface area contributed by atoms with Crippen LogP contribution < -0.4 is 5.73 Å². The molecule has 1 rings (SSSR count). The zero-order valence-corrected chi connectivity index (χ0v) is 10.4. The number of carbonyl (C=O) groups is 2. The molecule has 5 heteroatoms. The number of piperidine rings is 1. The van der Waals surface area contributed by atoms with Gasteiger partial charge in [-0.1, -0.05) is 13.3 Å². The largest absolute Gasteiger partial charge is 0.481 e. The maximum absolute atomic E-state index is 11.6. The van der Waals surface area contributed by atoms with Gasteiger partial charge in [-0.05, 0) is 19.3 Å². The highest BCUT2D eigenvalue weighted by atomic mass is 16.4. The summed E-state index contributed by atoms with van der Waals surface area (Å²) in [6.07, 6.45) is 3.04. The number of nitrogens with two attached hydrogens (primary N) is 1. The minimum absolute atomic E-state index is 0.0444. The van der Waals surface area contributed by atoms with Crippen molar-refractivity contribution >= 4 is 11.9 Å². The van der Waals surface area contributed by atoms with Crippen molar-refractivity contribution in [3.63, 3.8) is 0 Å². The zero-order valence-electron chi connectivity index (χ0n) is 10.4. The summed E-state index contributed by atoms with van der Waals surface area (Å²) in [7, 11) is 0. The van der Waals surface area contributed by atoms with E-state index in [1.165, 1.54) is 0 Å². The predicted molar refractivity (Wildman–Crippen MR) is 64.5 cm³/mol. The number of rotatable bonds is 5. The van der Waals surface area contributed by atoms with Crippen molar-refractivity contribution in [2.24, 2.45) is 11.1 Å². The van der Waals surface area contributed by atoms with Crippen LogP contribution in [0.15, 0.2) is 0 Å². The Bertz CT molecular complexity index is 283. The lowest BCUT2D eigenvalue weighted by Crippen LogP contribution is -2.46. The molecule has 1 aliphatic heterocycles. The normalized spacial score (nSPS) is 19.1. The number of hydrogen-bond acceptors (Lipinski definition) is 3. The van der Waals surface area contributed by atoms with Gasteiger partial charge in [0.15, 0.2) is 0 Å². The number of carboxylic acids is 1. The summed E-state index contributed by atoms with van der Waals surface area (Å²) in [5.74, 6) is -0.673. The Kier molecular flexibility index (Phi) is 4.93. The van der Waals surface area contributed by atoms with Crippen LogP contribution in [-0.4, -0.2) is 41.5 Å². The van der Waals surface area contributed by atoms with Crippen LogP contribution in [0.3, 0.4) is 0 Å². The standard InChI is InChI=1S/C12H22N2O3/c1-2-4-12(11(16)17)5-8-14(9-6-12)10(15)3-7-13/h2-9,13H2,1H3,(H,16,17). The summed E-state index contributed by atoms with van der Waals surface area (Å²) in [6.45, 7) is 3.45. The number of carboxylic acid groups (broad SMARTS) is 1. The first kappa shape index (κ1) is 14.0. The summed E-state index contributed by atoms with van der Waals surface area (Å²) >= 11 is 0. The molecule has 1 saturated heterocycles. The summed E-state index contributed by atoms with van der Waals surface area (Å²) in [5.41, 5.74) is 4.73. The first-order valence-electron chi connectivity index (χ1n) is 6.27. The number of aliphatic carboxylic acids is 1. The quantitative estimate of drug-likeness (QED) is 0.748. The van der Waals surface area contributed by atoms with Crippen molar-refractivity contribution in [3.8, 4) is 0 Å². The Balaban J connectivity index is 2.58. The minimum Gasteiger partial charge on any atom is -0.481 e. The van der Waals surface area contributed by atoms with Crippen LogP contribution in [0, 0.1) is 5.41 Å². The average Bonchev–Trinajstić information content (AvgIpc) is 2.30. The molecule has 0 aromatic rings. The molecule has 3 N–H and O–H groups in total. The topological polar surface area (TPSA) is 83.6 Å². The van der Waals surface area contributed by atoms with Crippen LogP contribution in [0.1, 0.15) is 39.0 Å². The molecular weight excluding hydrogens is 220 g/mol. The molecule has 1 aliphatic rings. The van der Waals surface area contributed by atoms with Crippen LogP contribution in [0.4, 0.5) is 0 Å². The number of amides is 1.